The summed E-state index contributed by atoms with van der Waals surface area (Å²) in [4.78, 5) is 9.16. The number of aryl methyl sites for hydroxylation is 1. The van der Waals surface area contributed by atoms with Crippen molar-refractivity contribution >= 4 is 48.4 Å². The highest BCUT2D eigenvalue weighted by molar-refractivity contribution is 7.92. The molecule has 9 nitrogen and oxygen atoms in total. The molecule has 0 saturated carbocycles. The molecule has 4 N–H and O–H groups in total. The number of nitrogens with zero attached hydrogens (tertiary/aromatic N) is 2. The molecule has 0 unspecified atom stereocenters. The highest BCUT2D eigenvalue weighted by atomic mass is 32.2. The van der Waals surface area contributed by atoms with Crippen LogP contribution >= 0.6 is 0 Å². The maximum Gasteiger partial charge on any atom is 0.263 e. The Kier molecular flexibility index (Phi) is 6.50. The molecule has 1 heterocycles. The lowest BCUT2D eigenvalue weighted by atomic mass is 9.87. The van der Waals surface area contributed by atoms with Crippen molar-refractivity contribution in [3.63, 3.8) is 0 Å². The van der Waals surface area contributed by atoms with Gasteiger partial charge in [-0.15, -0.1) is 0 Å². The van der Waals surface area contributed by atoms with Crippen molar-refractivity contribution in [2.75, 3.05) is 10.0 Å². The molecule has 0 aliphatic carbocycles. The van der Waals surface area contributed by atoms with Crippen molar-refractivity contribution in [1.82, 2.24) is 9.97 Å². The molecule has 3 aromatic carbocycles. The zero-order chi connectivity index (χ0) is 26.3. The summed E-state index contributed by atoms with van der Waals surface area (Å²) in [6.45, 7) is 7.78. The zero-order valence-electron chi connectivity index (χ0n) is 20.3. The van der Waals surface area contributed by atoms with Crippen LogP contribution in [0.3, 0.4) is 0 Å². The average Bonchev–Trinajstić information content (AvgIpc) is 2.78. The quantitative estimate of drug-likeness (QED) is 0.338. The Morgan fingerprint density at radius 3 is 1.94 bits per heavy atom. The van der Waals surface area contributed by atoms with Gasteiger partial charge in [0.05, 0.1) is 20.8 Å². The second kappa shape index (κ2) is 9.16. The van der Waals surface area contributed by atoms with Crippen LogP contribution in [0.1, 0.15) is 31.9 Å². The fourth-order valence-electron chi connectivity index (χ4n) is 3.56. The van der Waals surface area contributed by atoms with E-state index < -0.39 is 20.0 Å². The largest absolute Gasteiger partial charge is 0.337 e. The second-order valence-corrected chi connectivity index (χ2v) is 12.7. The molecule has 0 saturated heterocycles. The molecule has 11 heteroatoms. The number of benzene rings is 3. The van der Waals surface area contributed by atoms with Gasteiger partial charge in [0.15, 0.2) is 11.6 Å². The fourth-order valence-corrected chi connectivity index (χ4v) is 5.36. The number of aromatic nitrogens is 2. The number of sulfonamides is 2. The Balaban J connectivity index is 1.78. The van der Waals surface area contributed by atoms with Crippen LogP contribution in [0, 0.1) is 6.92 Å². The molecule has 0 atom stereocenters. The summed E-state index contributed by atoms with van der Waals surface area (Å²) < 4.78 is 52.7. The first-order valence-electron chi connectivity index (χ1n) is 11.0. The predicted octanol–water partition coefficient (Wildman–Crippen LogP) is 4.43. The molecular weight excluding hydrogens is 498 g/mol. The number of primary sulfonamides is 1. The van der Waals surface area contributed by atoms with E-state index in [2.05, 4.69) is 20.0 Å². The summed E-state index contributed by atoms with van der Waals surface area (Å²) in [5.41, 5.74) is 2.76. The van der Waals surface area contributed by atoms with E-state index in [4.69, 9.17) is 5.14 Å². The van der Waals surface area contributed by atoms with Gasteiger partial charge in [-0.05, 0) is 65.9 Å². The third-order valence-electron chi connectivity index (χ3n) is 5.59. The molecule has 1 aromatic heterocycles. The summed E-state index contributed by atoms with van der Waals surface area (Å²) in [5.74, 6) is 0.162. The van der Waals surface area contributed by atoms with Gasteiger partial charge in [0.1, 0.15) is 0 Å². The van der Waals surface area contributed by atoms with Gasteiger partial charge >= 0.3 is 0 Å². The summed E-state index contributed by atoms with van der Waals surface area (Å²) in [6.07, 6.45) is 0. The minimum absolute atomic E-state index is 0.00443. The SMILES string of the molecule is Cc1ccc(C(C)(C)C)cc1S(=O)(=O)Nc1nc2ccccc2nc1Nc1ccc(S(N)(=O)=O)cc1. The van der Waals surface area contributed by atoms with Crippen molar-refractivity contribution in [2.24, 2.45) is 5.14 Å². The van der Waals surface area contributed by atoms with Crippen LogP contribution < -0.4 is 15.2 Å². The van der Waals surface area contributed by atoms with Gasteiger partial charge in [0.25, 0.3) is 10.0 Å². The van der Waals surface area contributed by atoms with E-state index in [0.717, 1.165) is 5.56 Å². The number of hydrogen-bond donors (Lipinski definition) is 3. The predicted molar refractivity (Wildman–Crippen MR) is 141 cm³/mol. The van der Waals surface area contributed by atoms with Gasteiger partial charge in [-0.2, -0.15) is 0 Å². The van der Waals surface area contributed by atoms with Gasteiger partial charge < -0.3 is 5.32 Å². The first-order chi connectivity index (χ1) is 16.7. The summed E-state index contributed by atoms with van der Waals surface area (Å²) in [6, 6.07) is 18.1. The molecule has 0 radical (unpaired) electrons. The molecule has 4 aromatic rings. The molecule has 0 aliphatic heterocycles. The minimum atomic E-state index is -4.02. The van der Waals surface area contributed by atoms with Crippen molar-refractivity contribution in [1.29, 1.82) is 0 Å². The van der Waals surface area contributed by atoms with Crippen LogP contribution in [0.5, 0.6) is 0 Å². The van der Waals surface area contributed by atoms with E-state index in [0.29, 0.717) is 22.3 Å². The smallest absolute Gasteiger partial charge is 0.263 e. The van der Waals surface area contributed by atoms with Gasteiger partial charge in [-0.1, -0.05) is 45.0 Å². The maximum atomic E-state index is 13.5. The number of anilines is 3. The van der Waals surface area contributed by atoms with Crippen molar-refractivity contribution in [2.45, 2.75) is 42.9 Å². The van der Waals surface area contributed by atoms with Crippen molar-refractivity contribution in [3.8, 4) is 0 Å². The standard InChI is InChI=1S/C25H27N5O4S2/c1-16-9-10-17(25(2,3)4)15-22(16)36(33,34)30-24-23(28-20-7-5-6-8-21(20)29-24)27-18-11-13-19(14-12-18)35(26,31)32/h5-15H,1-4H3,(H,27,28)(H,29,30)(H2,26,31,32). The number of fused-ring (bicyclic) bond motifs is 1. The van der Waals surface area contributed by atoms with Crippen molar-refractivity contribution < 1.29 is 16.8 Å². The third kappa shape index (κ3) is 5.48. The highest BCUT2D eigenvalue weighted by Crippen LogP contribution is 2.30. The van der Waals surface area contributed by atoms with E-state index in [1.165, 1.54) is 24.3 Å². The van der Waals surface area contributed by atoms with Gasteiger partial charge in [-0.25, -0.2) is 31.9 Å². The maximum absolute atomic E-state index is 13.5. The number of hydrogen-bond acceptors (Lipinski definition) is 7. The Morgan fingerprint density at radius 1 is 0.806 bits per heavy atom. The molecular formula is C25H27N5O4S2. The molecule has 0 fully saturated rings. The number of nitrogens with one attached hydrogen (secondary N) is 2. The van der Waals surface area contributed by atoms with E-state index in [-0.39, 0.29) is 26.8 Å². The third-order valence-corrected chi connectivity index (χ3v) is 8.00. The first-order valence-corrected chi connectivity index (χ1v) is 14.1. The fraction of sp³-hybridized carbons (Fsp3) is 0.200. The molecule has 188 valence electrons. The zero-order valence-corrected chi connectivity index (χ0v) is 21.9. The van der Waals surface area contributed by atoms with Gasteiger partial charge in [-0.3, -0.25) is 4.72 Å². The molecule has 0 spiro atoms. The lowest BCUT2D eigenvalue weighted by Gasteiger charge is -2.21. The Hall–Kier alpha value is -3.54. The summed E-state index contributed by atoms with van der Waals surface area (Å²) in [5, 5.41) is 8.20. The molecule has 0 amide bonds. The van der Waals surface area contributed by atoms with Gasteiger partial charge in [0, 0.05) is 5.69 Å². The number of rotatable bonds is 6. The molecule has 4 rings (SSSR count). The Labute approximate surface area is 210 Å². The van der Waals surface area contributed by atoms with E-state index in [9.17, 15) is 16.8 Å². The second-order valence-electron chi connectivity index (χ2n) is 9.44. The van der Waals surface area contributed by atoms with E-state index >= 15 is 0 Å². The van der Waals surface area contributed by atoms with Crippen LogP contribution in [0.4, 0.5) is 17.3 Å². The molecule has 36 heavy (non-hydrogen) atoms. The van der Waals surface area contributed by atoms with Crippen LogP contribution in [0.2, 0.25) is 0 Å². The van der Waals surface area contributed by atoms with Gasteiger partial charge in [0.2, 0.25) is 10.0 Å². The summed E-state index contributed by atoms with van der Waals surface area (Å²) >= 11 is 0. The van der Waals surface area contributed by atoms with E-state index in [1.807, 2.05) is 26.8 Å². The molecule has 0 aliphatic rings. The number of nitrogens with two attached hydrogens (primary N) is 1. The van der Waals surface area contributed by atoms with Crippen molar-refractivity contribution in [3.05, 3.63) is 77.9 Å². The lowest BCUT2D eigenvalue weighted by molar-refractivity contribution is 0.584. The number of para-hydroxylation sites is 2. The Bertz CT molecular complexity index is 1660. The average molecular weight is 526 g/mol. The molecule has 0 bridgehead atoms. The lowest BCUT2D eigenvalue weighted by Crippen LogP contribution is -2.19. The Morgan fingerprint density at radius 2 is 1.39 bits per heavy atom. The van der Waals surface area contributed by atoms with Crippen LogP contribution in [-0.2, 0) is 25.5 Å². The van der Waals surface area contributed by atoms with Crippen LogP contribution in [0.25, 0.3) is 11.0 Å². The summed E-state index contributed by atoms with van der Waals surface area (Å²) in [7, 11) is -7.87. The first kappa shape index (κ1) is 25.5. The van der Waals surface area contributed by atoms with E-state index in [1.54, 1.807) is 43.3 Å². The van der Waals surface area contributed by atoms with Crippen LogP contribution in [0.15, 0.2) is 76.5 Å². The van der Waals surface area contributed by atoms with Crippen LogP contribution in [-0.4, -0.2) is 26.8 Å². The normalized spacial score (nSPS) is 12.5. The topological polar surface area (TPSA) is 144 Å². The monoisotopic (exact) mass is 525 g/mol. The highest BCUT2D eigenvalue weighted by Gasteiger charge is 2.24. The minimum Gasteiger partial charge on any atom is -0.337 e.